The molecule has 8 heteroatoms. The molecule has 164 valence electrons. The second-order valence-corrected chi connectivity index (χ2v) is 7.60. The van der Waals surface area contributed by atoms with Crippen LogP contribution in [0.5, 0.6) is 0 Å². The predicted octanol–water partition coefficient (Wildman–Crippen LogP) is 3.19. The van der Waals surface area contributed by atoms with Crippen LogP contribution in [0.15, 0.2) is 48.0 Å². The summed E-state index contributed by atoms with van der Waals surface area (Å²) in [6.07, 6.45) is 4.03. The number of aromatic nitrogens is 3. The molecule has 1 atom stereocenters. The Labute approximate surface area is 197 Å². The van der Waals surface area contributed by atoms with Gasteiger partial charge in [0, 0.05) is 38.8 Å². The summed E-state index contributed by atoms with van der Waals surface area (Å²) in [6.45, 7) is 11.4. The molecule has 1 fully saturated rings. The molecule has 0 spiro atoms. The number of likely N-dealkylation sites (tertiary alicyclic amines) is 1. The zero-order valence-electron chi connectivity index (χ0n) is 18.2. The number of aryl methyl sites for hydroxylation is 1. The van der Waals surface area contributed by atoms with E-state index in [9.17, 15) is 0 Å². The third kappa shape index (κ3) is 6.53. The Kier molecular flexibility index (Phi) is 9.77. The molecular formula is C22H34IN7. The molecule has 0 aliphatic carbocycles. The second kappa shape index (κ2) is 12.0. The molecule has 1 aromatic carbocycles. The molecule has 1 aromatic heterocycles. The molecule has 0 saturated carbocycles. The average Bonchev–Trinajstić information content (AvgIpc) is 3.08. The Morgan fingerprint density at radius 1 is 1.27 bits per heavy atom. The maximum absolute atomic E-state index is 4.71. The van der Waals surface area contributed by atoms with E-state index < -0.39 is 0 Å². The number of nitrogens with zero attached hydrogens (tertiary/aromatic N) is 5. The largest absolute Gasteiger partial charge is 0.354 e. The average molecular weight is 523 g/mol. The van der Waals surface area contributed by atoms with Crippen molar-refractivity contribution in [3.63, 3.8) is 0 Å². The van der Waals surface area contributed by atoms with Gasteiger partial charge in [0.25, 0.3) is 0 Å². The zero-order valence-corrected chi connectivity index (χ0v) is 20.5. The molecule has 7 nitrogen and oxygen atoms in total. The van der Waals surface area contributed by atoms with Crippen molar-refractivity contribution in [3.05, 3.63) is 60.2 Å². The minimum Gasteiger partial charge on any atom is -0.354 e. The number of benzene rings is 1. The van der Waals surface area contributed by atoms with Gasteiger partial charge in [-0.3, -0.25) is 4.90 Å². The molecule has 0 radical (unpaired) electrons. The van der Waals surface area contributed by atoms with Gasteiger partial charge in [0.15, 0.2) is 11.8 Å². The Morgan fingerprint density at radius 2 is 1.97 bits per heavy atom. The lowest BCUT2D eigenvalue weighted by Crippen LogP contribution is -2.49. The lowest BCUT2D eigenvalue weighted by Gasteiger charge is -2.37. The van der Waals surface area contributed by atoms with E-state index in [1.54, 1.807) is 0 Å². The van der Waals surface area contributed by atoms with Gasteiger partial charge >= 0.3 is 0 Å². The highest BCUT2D eigenvalue weighted by Gasteiger charge is 2.24. The number of rotatable bonds is 7. The molecule has 2 heterocycles. The first-order valence-electron chi connectivity index (χ1n) is 10.4. The van der Waals surface area contributed by atoms with Gasteiger partial charge in [-0.1, -0.05) is 36.4 Å². The molecule has 0 bridgehead atoms. The monoisotopic (exact) mass is 523 g/mol. The highest BCUT2D eigenvalue weighted by molar-refractivity contribution is 14.0. The Bertz CT molecular complexity index is 810. The van der Waals surface area contributed by atoms with Gasteiger partial charge in [-0.25, -0.2) is 4.99 Å². The molecule has 1 unspecified atom stereocenters. The highest BCUT2D eigenvalue weighted by Crippen LogP contribution is 2.23. The van der Waals surface area contributed by atoms with Gasteiger partial charge in [0.05, 0.1) is 0 Å². The van der Waals surface area contributed by atoms with E-state index in [1.165, 1.54) is 5.56 Å². The summed E-state index contributed by atoms with van der Waals surface area (Å²) in [6, 6.07) is 11.6. The molecule has 1 aliphatic rings. The molecule has 3 rings (SSSR count). The number of nitrogens with one attached hydrogen (secondary N) is 2. The Morgan fingerprint density at radius 3 is 2.57 bits per heavy atom. The fourth-order valence-electron chi connectivity index (χ4n) is 3.63. The van der Waals surface area contributed by atoms with E-state index >= 15 is 0 Å². The van der Waals surface area contributed by atoms with Crippen LogP contribution >= 0.6 is 24.0 Å². The van der Waals surface area contributed by atoms with Gasteiger partial charge in [-0.2, -0.15) is 0 Å². The summed E-state index contributed by atoms with van der Waals surface area (Å²) in [4.78, 5) is 7.27. The lowest BCUT2D eigenvalue weighted by molar-refractivity contribution is 0.158. The van der Waals surface area contributed by atoms with Crippen LogP contribution in [0.4, 0.5) is 0 Å². The van der Waals surface area contributed by atoms with E-state index in [-0.39, 0.29) is 24.0 Å². The van der Waals surface area contributed by atoms with E-state index in [1.807, 2.05) is 24.6 Å². The van der Waals surface area contributed by atoms with Crippen molar-refractivity contribution < 1.29 is 0 Å². The zero-order chi connectivity index (χ0) is 20.6. The fraction of sp³-hybridized carbons (Fsp3) is 0.500. The standard InChI is InChI=1S/C22H33N7.HI/c1-5-13-23-22(24-16-21-27-26-18(3)28(21)4)25-20-11-14-29(15-12-20)17(2)19-9-7-6-8-10-19;/h5-10,17,20H,1,11-16H2,2-4H3,(H2,23,24,25);1H. The third-order valence-electron chi connectivity index (χ3n) is 5.68. The van der Waals surface area contributed by atoms with Gasteiger partial charge < -0.3 is 15.2 Å². The number of guanidine groups is 1. The molecule has 1 aliphatic heterocycles. The Balaban J connectivity index is 0.00000320. The maximum atomic E-state index is 4.71. The highest BCUT2D eigenvalue weighted by atomic mass is 127. The van der Waals surface area contributed by atoms with Crippen molar-refractivity contribution in [2.75, 3.05) is 19.6 Å². The summed E-state index contributed by atoms with van der Waals surface area (Å²) in [7, 11) is 1.97. The van der Waals surface area contributed by atoms with Crippen molar-refractivity contribution in [2.24, 2.45) is 12.0 Å². The number of hydrogen-bond acceptors (Lipinski definition) is 4. The summed E-state index contributed by atoms with van der Waals surface area (Å²) in [5, 5.41) is 15.2. The molecule has 30 heavy (non-hydrogen) atoms. The van der Waals surface area contributed by atoms with E-state index in [4.69, 9.17) is 4.99 Å². The first-order chi connectivity index (χ1) is 14.1. The van der Waals surface area contributed by atoms with Crippen molar-refractivity contribution in [2.45, 2.75) is 45.3 Å². The maximum Gasteiger partial charge on any atom is 0.192 e. The normalized spacial score (nSPS) is 16.6. The van der Waals surface area contributed by atoms with Crippen LogP contribution in [-0.2, 0) is 13.6 Å². The number of halogens is 1. The van der Waals surface area contributed by atoms with E-state index in [0.717, 1.165) is 43.5 Å². The van der Waals surface area contributed by atoms with Gasteiger partial charge in [-0.05, 0) is 32.3 Å². The first-order valence-corrected chi connectivity index (χ1v) is 10.4. The summed E-state index contributed by atoms with van der Waals surface area (Å²) < 4.78 is 1.97. The SMILES string of the molecule is C=CCNC(=NCc1nnc(C)n1C)NC1CCN(C(C)c2ccccc2)CC1.I. The predicted molar refractivity (Wildman–Crippen MR) is 133 cm³/mol. The van der Waals surface area contributed by atoms with Crippen LogP contribution in [-0.4, -0.2) is 51.3 Å². The fourth-order valence-corrected chi connectivity index (χ4v) is 3.63. The van der Waals surface area contributed by atoms with E-state index in [0.29, 0.717) is 25.2 Å². The van der Waals surface area contributed by atoms with Gasteiger partial charge in [0.2, 0.25) is 0 Å². The van der Waals surface area contributed by atoms with Crippen molar-refractivity contribution in [1.29, 1.82) is 0 Å². The van der Waals surface area contributed by atoms with Crippen LogP contribution in [0.3, 0.4) is 0 Å². The second-order valence-electron chi connectivity index (χ2n) is 7.60. The van der Waals surface area contributed by atoms with Crippen LogP contribution in [0.2, 0.25) is 0 Å². The van der Waals surface area contributed by atoms with E-state index in [2.05, 4.69) is 69.6 Å². The van der Waals surface area contributed by atoms with Crippen molar-refractivity contribution in [3.8, 4) is 0 Å². The lowest BCUT2D eigenvalue weighted by atomic mass is 10.0. The molecule has 1 saturated heterocycles. The first kappa shape index (κ1) is 24.3. The topological polar surface area (TPSA) is 70.4 Å². The summed E-state index contributed by atoms with van der Waals surface area (Å²) >= 11 is 0. The van der Waals surface area contributed by atoms with Crippen LogP contribution in [0.25, 0.3) is 0 Å². The summed E-state index contributed by atoms with van der Waals surface area (Å²) in [5.74, 6) is 2.55. The van der Waals surface area contributed by atoms with Crippen molar-refractivity contribution >= 4 is 29.9 Å². The molecule has 2 N–H and O–H groups in total. The molecule has 2 aromatic rings. The van der Waals surface area contributed by atoms with Crippen LogP contribution in [0, 0.1) is 6.92 Å². The van der Waals surface area contributed by atoms with Crippen LogP contribution < -0.4 is 10.6 Å². The summed E-state index contributed by atoms with van der Waals surface area (Å²) in [5.41, 5.74) is 1.38. The van der Waals surface area contributed by atoms with Gasteiger partial charge in [-0.15, -0.1) is 40.8 Å². The minimum absolute atomic E-state index is 0. The number of piperidine rings is 1. The minimum atomic E-state index is 0. The molecular weight excluding hydrogens is 489 g/mol. The van der Waals surface area contributed by atoms with Crippen molar-refractivity contribution in [1.82, 2.24) is 30.3 Å². The number of aliphatic imine (C=N–C) groups is 1. The Hall–Kier alpha value is -1.94. The number of hydrogen-bond donors (Lipinski definition) is 2. The van der Waals surface area contributed by atoms with Gasteiger partial charge in [0.1, 0.15) is 12.4 Å². The third-order valence-corrected chi connectivity index (χ3v) is 5.68. The van der Waals surface area contributed by atoms with Crippen LogP contribution in [0.1, 0.15) is 43.0 Å². The smallest absolute Gasteiger partial charge is 0.192 e. The quantitative estimate of drug-likeness (QED) is 0.253. The molecule has 0 amide bonds.